The third-order valence-electron chi connectivity index (χ3n) is 2.32. The summed E-state index contributed by atoms with van der Waals surface area (Å²) < 4.78 is 13.0. The molecule has 0 spiro atoms. The second kappa shape index (κ2) is 5.48. The molecule has 3 N–H and O–H groups in total. The molecule has 0 radical (unpaired) electrons. The Kier molecular flexibility index (Phi) is 3.96. The van der Waals surface area contributed by atoms with E-state index in [0.29, 0.717) is 5.69 Å². The summed E-state index contributed by atoms with van der Waals surface area (Å²) in [5, 5.41) is 4.39. The number of hydrogen-bond acceptors (Lipinski definition) is 3. The minimum Gasteiger partial charge on any atom is -0.324 e. The first-order valence-corrected chi connectivity index (χ1v) is 6.38. The Morgan fingerprint density at radius 3 is 2.83 bits per heavy atom. The molecular weight excluding hydrogens is 275 g/mol. The lowest BCUT2D eigenvalue weighted by Gasteiger charge is -2.11. The van der Waals surface area contributed by atoms with E-state index < -0.39 is 11.9 Å². The van der Waals surface area contributed by atoms with Crippen LogP contribution in [0.2, 0.25) is 5.02 Å². The molecule has 2 aromatic rings. The van der Waals surface area contributed by atoms with Gasteiger partial charge in [0.05, 0.1) is 5.02 Å². The van der Waals surface area contributed by atoms with Gasteiger partial charge in [-0.3, -0.25) is 4.79 Å². The van der Waals surface area contributed by atoms with Crippen LogP contribution in [0.3, 0.4) is 0 Å². The van der Waals surface area contributed by atoms with Crippen molar-refractivity contribution in [3.8, 4) is 0 Å². The average Bonchev–Trinajstić information content (AvgIpc) is 2.86. The average molecular weight is 285 g/mol. The van der Waals surface area contributed by atoms with Crippen LogP contribution < -0.4 is 11.1 Å². The highest BCUT2D eigenvalue weighted by atomic mass is 35.5. The fourth-order valence-electron chi connectivity index (χ4n) is 1.39. The fourth-order valence-corrected chi connectivity index (χ4v) is 2.30. The maximum absolute atomic E-state index is 13.0. The van der Waals surface area contributed by atoms with Crippen LogP contribution in [0.25, 0.3) is 0 Å². The first-order valence-electron chi connectivity index (χ1n) is 5.13. The Morgan fingerprint density at radius 1 is 1.44 bits per heavy atom. The smallest absolute Gasteiger partial charge is 0.246 e. The van der Waals surface area contributed by atoms with Crippen LogP contribution in [-0.2, 0) is 4.79 Å². The lowest BCUT2D eigenvalue weighted by molar-refractivity contribution is -0.117. The molecule has 1 aromatic carbocycles. The number of carbonyl (C=O) groups excluding carboxylic acids is 1. The standard InChI is InChI=1S/C12H10ClFN2OS/c13-8-6-7(3-4-9(8)14)16-12(17)11(15)10-2-1-5-18-10/h1-6,11H,15H2,(H,16,17). The van der Waals surface area contributed by atoms with Crippen molar-refractivity contribution in [2.75, 3.05) is 5.32 Å². The zero-order valence-corrected chi connectivity index (χ0v) is 10.8. The van der Waals surface area contributed by atoms with Gasteiger partial charge in [-0.15, -0.1) is 11.3 Å². The number of amides is 1. The Balaban J connectivity index is 2.09. The number of halogens is 2. The maximum atomic E-state index is 13.0. The molecular formula is C12H10ClFN2OS. The predicted octanol–water partition coefficient (Wildman–Crippen LogP) is 3.18. The maximum Gasteiger partial charge on any atom is 0.246 e. The van der Waals surface area contributed by atoms with Gasteiger partial charge < -0.3 is 11.1 Å². The molecule has 0 aliphatic carbocycles. The van der Waals surface area contributed by atoms with Gasteiger partial charge in [0.15, 0.2) is 0 Å². The second-order valence-electron chi connectivity index (χ2n) is 3.61. The van der Waals surface area contributed by atoms with E-state index in [1.807, 2.05) is 11.4 Å². The largest absolute Gasteiger partial charge is 0.324 e. The van der Waals surface area contributed by atoms with Crippen molar-refractivity contribution in [2.24, 2.45) is 5.73 Å². The topological polar surface area (TPSA) is 55.1 Å². The highest BCUT2D eigenvalue weighted by Gasteiger charge is 2.17. The number of benzene rings is 1. The molecule has 0 saturated carbocycles. The molecule has 94 valence electrons. The summed E-state index contributed by atoms with van der Waals surface area (Å²) >= 11 is 7.02. The molecule has 2 rings (SSSR count). The van der Waals surface area contributed by atoms with Crippen molar-refractivity contribution < 1.29 is 9.18 Å². The van der Waals surface area contributed by atoms with Gasteiger partial charge in [0.1, 0.15) is 11.9 Å². The van der Waals surface area contributed by atoms with Gasteiger partial charge in [0, 0.05) is 10.6 Å². The predicted molar refractivity (Wildman–Crippen MR) is 71.3 cm³/mol. The van der Waals surface area contributed by atoms with Crippen LogP contribution in [-0.4, -0.2) is 5.91 Å². The van der Waals surface area contributed by atoms with Crippen molar-refractivity contribution in [3.05, 3.63) is 51.4 Å². The lowest BCUT2D eigenvalue weighted by atomic mass is 10.2. The van der Waals surface area contributed by atoms with Crippen LogP contribution in [0.4, 0.5) is 10.1 Å². The van der Waals surface area contributed by atoms with Crippen LogP contribution in [0.1, 0.15) is 10.9 Å². The number of nitrogens with two attached hydrogens (primary N) is 1. The van der Waals surface area contributed by atoms with E-state index in [0.717, 1.165) is 4.88 Å². The SMILES string of the molecule is NC(C(=O)Nc1ccc(F)c(Cl)c1)c1cccs1. The van der Waals surface area contributed by atoms with Crippen molar-refractivity contribution >= 4 is 34.5 Å². The highest BCUT2D eigenvalue weighted by Crippen LogP contribution is 2.22. The zero-order chi connectivity index (χ0) is 13.1. The Bertz CT molecular complexity index is 559. The van der Waals surface area contributed by atoms with Gasteiger partial charge in [0.2, 0.25) is 5.91 Å². The third-order valence-corrected chi connectivity index (χ3v) is 3.56. The van der Waals surface area contributed by atoms with E-state index in [1.54, 1.807) is 6.07 Å². The van der Waals surface area contributed by atoms with Gasteiger partial charge in [-0.1, -0.05) is 17.7 Å². The summed E-state index contributed by atoms with van der Waals surface area (Å²) in [5.41, 5.74) is 6.21. The number of rotatable bonds is 3. The quantitative estimate of drug-likeness (QED) is 0.909. The Morgan fingerprint density at radius 2 is 2.22 bits per heavy atom. The molecule has 0 aliphatic heterocycles. The number of hydrogen-bond donors (Lipinski definition) is 2. The highest BCUT2D eigenvalue weighted by molar-refractivity contribution is 7.10. The summed E-state index contributed by atoms with van der Waals surface area (Å²) in [4.78, 5) is 12.6. The van der Waals surface area contributed by atoms with Crippen molar-refractivity contribution in [1.29, 1.82) is 0 Å². The van der Waals surface area contributed by atoms with Crippen LogP contribution in [0.15, 0.2) is 35.7 Å². The summed E-state index contributed by atoms with van der Waals surface area (Å²) in [6.07, 6.45) is 0. The summed E-state index contributed by atoms with van der Waals surface area (Å²) in [6.45, 7) is 0. The molecule has 1 amide bonds. The van der Waals surface area contributed by atoms with Gasteiger partial charge in [-0.25, -0.2) is 4.39 Å². The summed E-state index contributed by atoms with van der Waals surface area (Å²) in [5.74, 6) is -0.891. The molecule has 1 atom stereocenters. The molecule has 1 aromatic heterocycles. The van der Waals surface area contributed by atoms with E-state index in [1.165, 1.54) is 29.5 Å². The van der Waals surface area contributed by atoms with Gasteiger partial charge >= 0.3 is 0 Å². The molecule has 18 heavy (non-hydrogen) atoms. The Hall–Kier alpha value is -1.43. The normalized spacial score (nSPS) is 12.2. The van der Waals surface area contributed by atoms with Gasteiger partial charge in [-0.2, -0.15) is 0 Å². The summed E-state index contributed by atoms with van der Waals surface area (Å²) in [7, 11) is 0. The monoisotopic (exact) mass is 284 g/mol. The molecule has 0 bridgehead atoms. The number of anilines is 1. The number of nitrogens with one attached hydrogen (secondary N) is 1. The molecule has 1 unspecified atom stereocenters. The molecule has 3 nitrogen and oxygen atoms in total. The van der Waals surface area contributed by atoms with E-state index in [9.17, 15) is 9.18 Å². The van der Waals surface area contributed by atoms with Crippen LogP contribution in [0.5, 0.6) is 0 Å². The molecule has 1 heterocycles. The number of carbonyl (C=O) groups is 1. The van der Waals surface area contributed by atoms with Crippen LogP contribution >= 0.6 is 22.9 Å². The van der Waals surface area contributed by atoms with Gasteiger partial charge in [-0.05, 0) is 29.6 Å². The minimum atomic E-state index is -0.742. The molecule has 0 aliphatic rings. The molecule has 0 fully saturated rings. The lowest BCUT2D eigenvalue weighted by Crippen LogP contribution is -2.26. The van der Waals surface area contributed by atoms with Crippen LogP contribution in [0, 0.1) is 5.82 Å². The van der Waals surface area contributed by atoms with E-state index in [2.05, 4.69) is 5.32 Å². The first-order chi connectivity index (χ1) is 8.58. The zero-order valence-electron chi connectivity index (χ0n) is 9.19. The molecule has 6 heteroatoms. The minimum absolute atomic E-state index is 0.0440. The van der Waals surface area contributed by atoms with E-state index >= 15 is 0 Å². The fraction of sp³-hybridized carbons (Fsp3) is 0.0833. The van der Waals surface area contributed by atoms with Gasteiger partial charge in [0.25, 0.3) is 0 Å². The van der Waals surface area contributed by atoms with E-state index in [4.69, 9.17) is 17.3 Å². The third kappa shape index (κ3) is 2.87. The van der Waals surface area contributed by atoms with E-state index in [-0.39, 0.29) is 10.9 Å². The molecule has 0 saturated heterocycles. The Labute approximate surface area is 112 Å². The van der Waals surface area contributed by atoms with Crippen molar-refractivity contribution in [2.45, 2.75) is 6.04 Å². The van der Waals surface area contributed by atoms with Crippen molar-refractivity contribution in [3.63, 3.8) is 0 Å². The number of thiophene rings is 1. The van der Waals surface area contributed by atoms with Crippen molar-refractivity contribution in [1.82, 2.24) is 0 Å². The first kappa shape index (κ1) is 13.0. The second-order valence-corrected chi connectivity index (χ2v) is 5.00. The summed E-state index contributed by atoms with van der Waals surface area (Å²) in [6, 6.07) is 6.83.